The summed E-state index contributed by atoms with van der Waals surface area (Å²) in [6.45, 7) is 37.1. The molecular formula is C68H80NO11-. The van der Waals surface area contributed by atoms with Crippen molar-refractivity contribution in [2.45, 2.75) is 125 Å². The van der Waals surface area contributed by atoms with Gasteiger partial charge in [-0.3, -0.25) is 24.0 Å². The molecule has 8 rings (SSSR count). The number of methoxy groups -OCH3 is 1. The van der Waals surface area contributed by atoms with Gasteiger partial charge in [0.25, 0.3) is 10.9 Å². The molecule has 0 unspecified atom stereocenters. The number of aromatic hydroxyl groups is 1. The molecule has 0 atom stereocenters. The first-order valence-electron chi connectivity index (χ1n) is 26.7. The van der Waals surface area contributed by atoms with Gasteiger partial charge in [0.1, 0.15) is 34.6 Å². The predicted octanol–water partition coefficient (Wildman–Crippen LogP) is 13.2. The van der Waals surface area contributed by atoms with Gasteiger partial charge >= 0.3 is 0 Å². The van der Waals surface area contributed by atoms with Crippen molar-refractivity contribution in [3.8, 4) is 11.5 Å². The second-order valence-electron chi connectivity index (χ2n) is 26.3. The molecule has 3 aliphatic heterocycles. The molecule has 4 aromatic carbocycles. The van der Waals surface area contributed by atoms with Crippen LogP contribution in [0.1, 0.15) is 141 Å². The van der Waals surface area contributed by atoms with Crippen molar-refractivity contribution >= 4 is 29.7 Å². The maximum atomic E-state index is 12.6. The summed E-state index contributed by atoms with van der Waals surface area (Å²) < 4.78 is 23.2. The number of carbonyl (C=O) groups is 1. The quantitative estimate of drug-likeness (QED) is 0.109. The number of anilines is 1. The second kappa shape index (κ2) is 23.8. The Morgan fingerprint density at radius 3 is 1.07 bits per heavy atom. The minimum atomic E-state index is -0.820. The fourth-order valence-electron chi connectivity index (χ4n) is 7.65. The highest BCUT2D eigenvalue weighted by Gasteiger charge is 2.33. The number of rotatable bonds is 5. The average molecular weight is 1090 g/mol. The van der Waals surface area contributed by atoms with E-state index >= 15 is 0 Å². The van der Waals surface area contributed by atoms with E-state index in [-0.39, 0.29) is 66.5 Å². The van der Waals surface area contributed by atoms with Crippen LogP contribution in [-0.2, 0) is 19.0 Å². The molecule has 0 saturated heterocycles. The Morgan fingerprint density at radius 2 is 0.775 bits per heavy atom. The first kappa shape index (κ1) is 62.8. The van der Waals surface area contributed by atoms with Crippen molar-refractivity contribution in [1.82, 2.24) is 0 Å². The molecular weight excluding hydrogens is 1010 g/mol. The number of benzene rings is 2. The van der Waals surface area contributed by atoms with Crippen molar-refractivity contribution in [3.63, 3.8) is 0 Å². The first-order valence-corrected chi connectivity index (χ1v) is 26.7. The van der Waals surface area contributed by atoms with Crippen LogP contribution in [0.3, 0.4) is 0 Å². The lowest BCUT2D eigenvalue weighted by atomic mass is 9.83. The number of Topliss-reactive ketones (excluding diaryl/α,β-unsaturated/α-hetero) is 1. The predicted molar refractivity (Wildman–Crippen MR) is 321 cm³/mol. The third kappa shape index (κ3) is 15.6. The lowest BCUT2D eigenvalue weighted by Gasteiger charge is -2.33. The third-order valence-corrected chi connectivity index (χ3v) is 12.7. The molecule has 12 heteroatoms. The van der Waals surface area contributed by atoms with Gasteiger partial charge in [0.15, 0.2) is 17.3 Å². The van der Waals surface area contributed by atoms with E-state index in [4.69, 9.17) is 24.7 Å². The van der Waals surface area contributed by atoms with Crippen LogP contribution >= 0.6 is 0 Å². The van der Waals surface area contributed by atoms with Crippen LogP contribution in [0, 0.1) is 32.5 Å². The zero-order chi connectivity index (χ0) is 60.2. The van der Waals surface area contributed by atoms with Crippen LogP contribution in [0.25, 0.3) is 18.2 Å². The number of ether oxygens (including phenoxy) is 4. The van der Waals surface area contributed by atoms with Crippen LogP contribution in [0.15, 0.2) is 191 Å². The second-order valence-corrected chi connectivity index (χ2v) is 26.3. The largest absolute Gasteiger partial charge is 0.871 e. The Hall–Kier alpha value is -7.99. The Labute approximate surface area is 472 Å². The van der Waals surface area contributed by atoms with E-state index in [9.17, 15) is 34.2 Å². The molecule has 3 N–H and O–H groups in total. The highest BCUT2D eigenvalue weighted by atomic mass is 16.5. The lowest BCUT2D eigenvalue weighted by molar-refractivity contribution is -0.300. The molecule has 0 aromatic heterocycles. The number of hydrogen-bond acceptors (Lipinski definition) is 12. The van der Waals surface area contributed by atoms with Gasteiger partial charge in [-0.25, -0.2) is 0 Å². The number of carbonyl (C=O) groups excluding carboxylic acids is 1. The zero-order valence-corrected chi connectivity index (χ0v) is 50.2. The number of hydrogen-bond donors (Lipinski definition) is 2. The molecule has 3 heterocycles. The average Bonchev–Trinajstić information content (AvgIpc) is 3.37. The zero-order valence-electron chi connectivity index (χ0n) is 50.2. The van der Waals surface area contributed by atoms with Crippen molar-refractivity contribution in [2.24, 2.45) is 32.5 Å². The van der Waals surface area contributed by atoms with Gasteiger partial charge in [-0.15, -0.1) is 0 Å². The Kier molecular flexibility index (Phi) is 18.7. The number of nitrogen functional groups attached to an aromatic ring is 1. The Morgan fingerprint density at radius 1 is 0.450 bits per heavy atom. The Bertz CT molecular complexity index is 3420. The summed E-state index contributed by atoms with van der Waals surface area (Å²) in [6.07, 6.45) is 17.9. The van der Waals surface area contributed by atoms with Crippen LogP contribution < -0.4 is 37.3 Å². The highest BCUT2D eigenvalue weighted by molar-refractivity contribution is 6.23. The van der Waals surface area contributed by atoms with Gasteiger partial charge in [-0.2, -0.15) is 0 Å². The fraction of sp³-hybridized carbons (Fsp3) is 0.368. The molecule has 0 amide bonds. The minimum absolute atomic E-state index is 0.0657. The monoisotopic (exact) mass is 1090 g/mol. The summed E-state index contributed by atoms with van der Waals surface area (Å²) in [5.74, 6) is 4.13. The number of allylic oxidation sites excluding steroid dienone is 18. The summed E-state index contributed by atoms with van der Waals surface area (Å²) in [4.78, 5) is 58.4. The molecule has 0 saturated carbocycles. The summed E-state index contributed by atoms with van der Waals surface area (Å²) in [5.41, 5.74) is 6.66. The normalized spacial score (nSPS) is 16.5. The van der Waals surface area contributed by atoms with Crippen LogP contribution in [0.4, 0.5) is 5.69 Å². The van der Waals surface area contributed by atoms with Gasteiger partial charge in [-0.05, 0) is 95.2 Å². The van der Waals surface area contributed by atoms with Gasteiger partial charge < -0.3 is 34.9 Å². The van der Waals surface area contributed by atoms with Crippen molar-refractivity contribution in [1.29, 1.82) is 0 Å². The summed E-state index contributed by atoms with van der Waals surface area (Å²) in [5, 5.41) is 22.1. The SMILES string of the molecule is CC(C)(C)C1=CC(=CC2=C([O-])C(=Cc3ccccc3)C2=O)C=C(C(C)(C)C)O1.CC(C)(C)C1=CC(=Cc2c(O)c(=O)c2=O)C=C(C(C)(C)C)O1.COc1c(C=C2C=C(C(C)(C)C)OC(C(C)(C)C)=C2)c(=O)c1=O.Nc1ccccc1. The van der Waals surface area contributed by atoms with Gasteiger partial charge in [0.2, 0.25) is 10.9 Å². The maximum Gasteiger partial charge on any atom is 0.268 e. The smallest absolute Gasteiger partial charge is 0.268 e. The fourth-order valence-corrected chi connectivity index (χ4v) is 7.65. The molecule has 0 fully saturated rings. The molecule has 4 aliphatic rings. The van der Waals surface area contributed by atoms with Crippen molar-refractivity contribution < 1.29 is 34.0 Å². The maximum absolute atomic E-state index is 12.6. The van der Waals surface area contributed by atoms with E-state index in [1.165, 1.54) is 7.11 Å². The van der Waals surface area contributed by atoms with E-state index in [1.54, 1.807) is 24.3 Å². The van der Waals surface area contributed by atoms with E-state index in [0.717, 1.165) is 62.5 Å². The molecule has 1 aliphatic carbocycles. The molecule has 424 valence electrons. The van der Waals surface area contributed by atoms with Gasteiger partial charge in [0.05, 0.1) is 18.2 Å². The summed E-state index contributed by atoms with van der Waals surface area (Å²) in [6, 6.07) is 18.9. The van der Waals surface area contributed by atoms with Crippen molar-refractivity contribution in [2.75, 3.05) is 12.8 Å². The number of ketones is 1. The molecule has 0 radical (unpaired) electrons. The standard InChI is InChI=1S/C25H28O3.C19H24O4.C18H22O4.C6H7N/c1-24(2,3)20-14-17(15-21(28-20)25(4,5)6)13-19-22(26)18(23(19)27)12-16-10-8-7-9-11-16;1-18(2,3)13-9-11(10-14(23-13)19(4,5)6)8-12-15(20)16(21)17(12)22-7;1-17(2,3)12-8-10(9-13(22-12)18(4,5)6)7-11-14(19)16(21)15(11)20;7-6-4-2-1-3-5-6/h7-15,26H,1-6H3;8-10H,1-7H3;7-9,19H,1-6H3;1-5H,7H2/p-1. The molecule has 12 nitrogen and oxygen atoms in total. The van der Waals surface area contributed by atoms with Crippen molar-refractivity contribution in [3.05, 3.63) is 229 Å². The summed E-state index contributed by atoms with van der Waals surface area (Å²) in [7, 11) is 1.40. The molecule has 0 bridgehead atoms. The van der Waals surface area contributed by atoms with Crippen LogP contribution in [0.2, 0.25) is 0 Å². The molecule has 4 aromatic rings. The number of para-hydroxylation sites is 1. The molecule has 80 heavy (non-hydrogen) atoms. The van der Waals surface area contributed by atoms with E-state index in [2.05, 4.69) is 83.1 Å². The van der Waals surface area contributed by atoms with Gasteiger partial charge in [-0.1, -0.05) is 179 Å². The summed E-state index contributed by atoms with van der Waals surface area (Å²) >= 11 is 0. The first-order chi connectivity index (χ1) is 36.7. The minimum Gasteiger partial charge on any atom is -0.871 e. The van der Waals surface area contributed by atoms with E-state index in [1.807, 2.05) is 139 Å². The molecule has 0 spiro atoms. The highest BCUT2D eigenvalue weighted by Crippen LogP contribution is 2.43. The third-order valence-electron chi connectivity index (χ3n) is 12.7. The lowest BCUT2D eigenvalue weighted by Crippen LogP contribution is -2.34. The van der Waals surface area contributed by atoms with Crippen LogP contribution in [0.5, 0.6) is 11.5 Å². The Balaban J connectivity index is 0.000000209. The number of nitrogens with two attached hydrogens (primary N) is 1. The van der Waals surface area contributed by atoms with Gasteiger partial charge in [0, 0.05) is 49.3 Å². The van der Waals surface area contributed by atoms with E-state index < -0.39 is 27.5 Å². The topological polar surface area (TPSA) is 192 Å². The van der Waals surface area contributed by atoms with Crippen LogP contribution in [-0.4, -0.2) is 18.0 Å². The van der Waals surface area contributed by atoms with E-state index in [0.29, 0.717) is 5.56 Å².